The molecule has 2 N–H and O–H groups in total. The van der Waals surface area contributed by atoms with Crippen molar-refractivity contribution in [1.82, 2.24) is 4.72 Å². The molecule has 0 spiro atoms. The fourth-order valence-corrected chi connectivity index (χ4v) is 3.41. The van der Waals surface area contributed by atoms with Crippen LogP contribution in [0.5, 0.6) is 0 Å². The monoisotopic (exact) mass is 350 g/mol. The van der Waals surface area contributed by atoms with Gasteiger partial charge in [0.15, 0.2) is 0 Å². The first-order chi connectivity index (χ1) is 11.2. The molecule has 2 rings (SSSR count). The van der Waals surface area contributed by atoms with Gasteiger partial charge in [0.25, 0.3) is 5.91 Å². The molecule has 0 aliphatic rings. The van der Waals surface area contributed by atoms with Gasteiger partial charge >= 0.3 is 0 Å². The molecule has 2 aromatic rings. The van der Waals surface area contributed by atoms with Gasteiger partial charge in [-0.2, -0.15) is 0 Å². The molecule has 0 aromatic heterocycles. The third-order valence-corrected chi connectivity index (χ3v) is 4.82. The molecule has 0 aliphatic carbocycles. The highest BCUT2D eigenvalue weighted by atomic mass is 32.2. The summed E-state index contributed by atoms with van der Waals surface area (Å²) in [7, 11) is -3.71. The Bertz CT molecular complexity index is 864. The van der Waals surface area contributed by atoms with Crippen molar-refractivity contribution < 1.29 is 17.6 Å². The Morgan fingerprint density at radius 1 is 1.12 bits per heavy atom. The molecule has 5 nitrogen and oxygen atoms in total. The molecule has 2 aromatic carbocycles. The second-order valence-electron chi connectivity index (χ2n) is 5.74. The fraction of sp³-hybridized carbons (Fsp3) is 0.235. The maximum atomic E-state index is 13.7. The van der Waals surface area contributed by atoms with Gasteiger partial charge in [0, 0.05) is 11.6 Å². The number of carbonyl (C=O) groups is 1. The quantitative estimate of drug-likeness (QED) is 0.870. The summed E-state index contributed by atoms with van der Waals surface area (Å²) in [5, 5.41) is 2.46. The summed E-state index contributed by atoms with van der Waals surface area (Å²) in [4.78, 5) is 12.3. The van der Waals surface area contributed by atoms with Crippen molar-refractivity contribution in [2.24, 2.45) is 0 Å². The van der Waals surface area contributed by atoms with Gasteiger partial charge in [0.05, 0.1) is 10.6 Å². The van der Waals surface area contributed by atoms with Crippen LogP contribution < -0.4 is 10.0 Å². The molecule has 0 atom stereocenters. The van der Waals surface area contributed by atoms with Crippen LogP contribution in [-0.2, 0) is 10.0 Å². The predicted molar refractivity (Wildman–Crippen MR) is 91.0 cm³/mol. The average molecular weight is 350 g/mol. The lowest BCUT2D eigenvalue weighted by atomic mass is 10.2. The second-order valence-corrected chi connectivity index (χ2v) is 7.46. The van der Waals surface area contributed by atoms with Crippen molar-refractivity contribution in [1.29, 1.82) is 0 Å². The van der Waals surface area contributed by atoms with Crippen molar-refractivity contribution in [2.45, 2.75) is 31.7 Å². The molecule has 0 aliphatic heterocycles. The number of anilines is 1. The van der Waals surface area contributed by atoms with E-state index in [4.69, 9.17) is 0 Å². The zero-order valence-corrected chi connectivity index (χ0v) is 14.4. The molecule has 128 valence electrons. The van der Waals surface area contributed by atoms with Gasteiger partial charge in [-0.1, -0.05) is 12.1 Å². The van der Waals surface area contributed by atoms with E-state index in [1.165, 1.54) is 36.4 Å². The van der Waals surface area contributed by atoms with Crippen LogP contribution in [0.4, 0.5) is 10.1 Å². The molecule has 0 saturated carbocycles. The smallest absolute Gasteiger partial charge is 0.255 e. The highest BCUT2D eigenvalue weighted by Crippen LogP contribution is 2.18. The molecule has 7 heteroatoms. The number of aryl methyl sites for hydroxylation is 1. The Hall–Kier alpha value is -2.25. The lowest BCUT2D eigenvalue weighted by molar-refractivity contribution is 0.102. The molecule has 0 unspecified atom stereocenters. The van der Waals surface area contributed by atoms with E-state index in [0.717, 1.165) is 5.56 Å². The minimum absolute atomic E-state index is 0.0198. The van der Waals surface area contributed by atoms with Crippen molar-refractivity contribution >= 4 is 21.6 Å². The zero-order valence-electron chi connectivity index (χ0n) is 13.6. The maximum Gasteiger partial charge on any atom is 0.255 e. The molecule has 24 heavy (non-hydrogen) atoms. The van der Waals surface area contributed by atoms with Crippen LogP contribution in [0.1, 0.15) is 29.8 Å². The van der Waals surface area contributed by atoms with Crippen molar-refractivity contribution in [3.63, 3.8) is 0 Å². The number of carbonyl (C=O) groups excluding carboxylic acids is 1. The zero-order chi connectivity index (χ0) is 17.9. The van der Waals surface area contributed by atoms with Gasteiger partial charge in [0.1, 0.15) is 5.82 Å². The lowest BCUT2D eigenvalue weighted by Crippen LogP contribution is -2.30. The van der Waals surface area contributed by atoms with E-state index < -0.39 is 21.7 Å². The molecule has 1 amide bonds. The Kier molecular flexibility index (Phi) is 5.36. The normalized spacial score (nSPS) is 11.5. The number of amides is 1. The van der Waals surface area contributed by atoms with E-state index in [9.17, 15) is 17.6 Å². The first-order valence-electron chi connectivity index (χ1n) is 7.39. The number of halogens is 1. The number of hydrogen-bond donors (Lipinski definition) is 2. The summed E-state index contributed by atoms with van der Waals surface area (Å²) in [6.07, 6.45) is 0. The summed E-state index contributed by atoms with van der Waals surface area (Å²) < 4.78 is 40.5. The van der Waals surface area contributed by atoms with Crippen LogP contribution in [0.15, 0.2) is 47.4 Å². The minimum atomic E-state index is -3.71. The van der Waals surface area contributed by atoms with E-state index >= 15 is 0 Å². The maximum absolute atomic E-state index is 13.7. The number of nitrogens with one attached hydrogen (secondary N) is 2. The van der Waals surface area contributed by atoms with Crippen LogP contribution in [0.3, 0.4) is 0 Å². The summed E-state index contributed by atoms with van der Waals surface area (Å²) in [6.45, 7) is 5.18. The Morgan fingerprint density at radius 2 is 1.83 bits per heavy atom. The van der Waals surface area contributed by atoms with Gasteiger partial charge < -0.3 is 5.32 Å². The SMILES string of the molecule is Cc1ccc(F)c(NC(=O)c2cccc(S(=O)(=O)NC(C)C)c2)c1. The summed E-state index contributed by atoms with van der Waals surface area (Å²) in [5.41, 5.74) is 0.972. The second kappa shape index (κ2) is 7.11. The molecular weight excluding hydrogens is 331 g/mol. The van der Waals surface area contributed by atoms with Crippen LogP contribution >= 0.6 is 0 Å². The topological polar surface area (TPSA) is 75.3 Å². The first kappa shape index (κ1) is 18.1. The van der Waals surface area contributed by atoms with E-state index in [2.05, 4.69) is 10.0 Å². The fourth-order valence-electron chi connectivity index (χ4n) is 2.11. The lowest BCUT2D eigenvalue weighted by Gasteiger charge is -2.11. The van der Waals surface area contributed by atoms with E-state index in [0.29, 0.717) is 0 Å². The van der Waals surface area contributed by atoms with Gasteiger partial charge in [-0.25, -0.2) is 17.5 Å². The van der Waals surface area contributed by atoms with Gasteiger partial charge in [-0.05, 0) is 56.7 Å². The first-order valence-corrected chi connectivity index (χ1v) is 8.87. The molecule has 0 fully saturated rings. The Balaban J connectivity index is 2.28. The van der Waals surface area contributed by atoms with Crippen molar-refractivity contribution in [3.05, 3.63) is 59.4 Å². The third kappa shape index (κ3) is 4.39. The van der Waals surface area contributed by atoms with Crippen LogP contribution in [0.25, 0.3) is 0 Å². The highest BCUT2D eigenvalue weighted by molar-refractivity contribution is 7.89. The summed E-state index contributed by atoms with van der Waals surface area (Å²) >= 11 is 0. The number of rotatable bonds is 5. The van der Waals surface area contributed by atoms with Crippen LogP contribution in [-0.4, -0.2) is 20.4 Å². The van der Waals surface area contributed by atoms with Crippen LogP contribution in [0, 0.1) is 12.7 Å². The van der Waals surface area contributed by atoms with E-state index in [-0.39, 0.29) is 22.2 Å². The highest BCUT2D eigenvalue weighted by Gasteiger charge is 2.17. The standard InChI is InChI=1S/C17H19FN2O3S/c1-11(2)20-24(22,23)14-6-4-5-13(10-14)17(21)19-16-9-12(3)7-8-15(16)18/h4-11,20H,1-3H3,(H,19,21). The number of sulfonamides is 1. The summed E-state index contributed by atoms with van der Waals surface area (Å²) in [6, 6.07) is 9.69. The minimum Gasteiger partial charge on any atom is -0.319 e. The molecule has 0 radical (unpaired) electrons. The van der Waals surface area contributed by atoms with Gasteiger partial charge in [-0.15, -0.1) is 0 Å². The molecule has 0 bridgehead atoms. The van der Waals surface area contributed by atoms with Crippen molar-refractivity contribution in [2.75, 3.05) is 5.32 Å². The van der Waals surface area contributed by atoms with E-state index in [1.54, 1.807) is 26.8 Å². The van der Waals surface area contributed by atoms with Crippen LogP contribution in [0.2, 0.25) is 0 Å². The Morgan fingerprint density at radius 3 is 2.50 bits per heavy atom. The van der Waals surface area contributed by atoms with E-state index in [1.807, 2.05) is 0 Å². The molecule has 0 saturated heterocycles. The van der Waals surface area contributed by atoms with Gasteiger partial charge in [-0.3, -0.25) is 4.79 Å². The molecular formula is C17H19FN2O3S. The Labute approximate surface area is 141 Å². The average Bonchev–Trinajstić information content (AvgIpc) is 2.50. The third-order valence-electron chi connectivity index (χ3n) is 3.17. The largest absolute Gasteiger partial charge is 0.319 e. The number of benzene rings is 2. The van der Waals surface area contributed by atoms with Crippen molar-refractivity contribution in [3.8, 4) is 0 Å². The van der Waals surface area contributed by atoms with Gasteiger partial charge in [0.2, 0.25) is 10.0 Å². The number of hydrogen-bond acceptors (Lipinski definition) is 3. The summed E-state index contributed by atoms with van der Waals surface area (Å²) in [5.74, 6) is -1.14. The predicted octanol–water partition coefficient (Wildman–Crippen LogP) is 3.07. The molecule has 0 heterocycles.